The number of nitrogens with two attached hydrogens (primary N) is 1. The van der Waals surface area contributed by atoms with E-state index in [2.05, 4.69) is 21.5 Å². The molecule has 0 aliphatic carbocycles. The van der Waals surface area contributed by atoms with Gasteiger partial charge in [-0.25, -0.2) is 18.9 Å². The fourth-order valence-electron chi connectivity index (χ4n) is 5.90. The van der Waals surface area contributed by atoms with Crippen LogP contribution in [0.2, 0.25) is 0 Å². The zero-order chi connectivity index (χ0) is 29.7. The summed E-state index contributed by atoms with van der Waals surface area (Å²) in [6.45, 7) is 3.88. The molecule has 2 aliphatic heterocycles. The number of halogens is 1. The van der Waals surface area contributed by atoms with Gasteiger partial charge in [-0.1, -0.05) is 11.8 Å². The number of hydrogen-bond donors (Lipinski definition) is 1. The lowest BCUT2D eigenvalue weighted by atomic mass is 10.0. The van der Waals surface area contributed by atoms with E-state index in [-0.39, 0.29) is 17.2 Å². The quantitative estimate of drug-likeness (QED) is 0.291. The van der Waals surface area contributed by atoms with Gasteiger partial charge in [-0.2, -0.15) is 5.10 Å². The highest BCUT2D eigenvalue weighted by Gasteiger charge is 2.36. The lowest BCUT2D eigenvalue weighted by Crippen LogP contribution is -2.31. The second kappa shape index (κ2) is 10.9. The summed E-state index contributed by atoms with van der Waals surface area (Å²) in [6, 6.07) is 14.4. The number of carbonyl (C=O) groups is 1. The van der Waals surface area contributed by atoms with Crippen LogP contribution in [0.5, 0.6) is 0 Å². The first-order chi connectivity index (χ1) is 20.9. The number of piperidine rings is 1. The Morgan fingerprint density at radius 2 is 1.79 bits per heavy atom. The fraction of sp³-hybridized carbons (Fsp3) is 0.258. The molecule has 2 aliphatic rings. The number of carbonyl (C=O) groups excluding carboxylic acids is 1. The zero-order valence-corrected chi connectivity index (χ0v) is 24.6. The molecule has 2 N–H and O–H groups in total. The number of allylic oxidation sites excluding steroid dienone is 1. The number of anilines is 1. The van der Waals surface area contributed by atoms with Crippen LogP contribution in [0.25, 0.3) is 28.3 Å². The second-order valence-electron chi connectivity index (χ2n) is 10.9. The van der Waals surface area contributed by atoms with E-state index in [9.17, 15) is 9.18 Å². The van der Waals surface area contributed by atoms with Crippen LogP contribution >= 0.6 is 11.8 Å². The molecule has 1 aromatic carbocycles. The number of pyridine rings is 1. The third-order valence-corrected chi connectivity index (χ3v) is 9.60. The van der Waals surface area contributed by atoms with Gasteiger partial charge in [-0.15, -0.1) is 0 Å². The SMILES string of the molecule is CC1=C(C(N)=O)SC(c2ccncc2)N1c1cn2nc(-c3c(-c4ccc(F)cc4)ncn3C3CCN(C)CC3)ccc2n1. The molecule has 43 heavy (non-hydrogen) atoms. The van der Waals surface area contributed by atoms with Crippen LogP contribution in [0.15, 0.2) is 84.1 Å². The lowest BCUT2D eigenvalue weighted by molar-refractivity contribution is -0.113. The van der Waals surface area contributed by atoms with Crippen molar-refractivity contribution in [2.45, 2.75) is 31.2 Å². The molecule has 0 radical (unpaired) electrons. The molecule has 1 atom stereocenters. The van der Waals surface area contributed by atoms with Crippen LogP contribution in [0.3, 0.4) is 0 Å². The van der Waals surface area contributed by atoms with Crippen LogP contribution in [0, 0.1) is 5.82 Å². The van der Waals surface area contributed by atoms with Gasteiger partial charge in [0.2, 0.25) is 0 Å². The molecule has 5 aromatic rings. The average Bonchev–Trinajstić information content (AvgIpc) is 3.73. The van der Waals surface area contributed by atoms with Gasteiger partial charge >= 0.3 is 0 Å². The van der Waals surface area contributed by atoms with Crippen LogP contribution in [0.1, 0.15) is 36.7 Å². The molecule has 1 saturated heterocycles. The summed E-state index contributed by atoms with van der Waals surface area (Å²) in [7, 11) is 2.14. The highest BCUT2D eigenvalue weighted by Crippen LogP contribution is 2.49. The van der Waals surface area contributed by atoms with Gasteiger partial charge < -0.3 is 20.1 Å². The van der Waals surface area contributed by atoms with E-state index in [4.69, 9.17) is 20.8 Å². The highest BCUT2D eigenvalue weighted by molar-refractivity contribution is 8.04. The summed E-state index contributed by atoms with van der Waals surface area (Å²) in [5.41, 5.74) is 11.3. The number of primary amides is 1. The molecule has 1 fully saturated rings. The summed E-state index contributed by atoms with van der Waals surface area (Å²) in [6.07, 6.45) is 9.21. The maximum absolute atomic E-state index is 13.8. The van der Waals surface area contributed by atoms with Gasteiger partial charge in [-0.05, 0) is 94.0 Å². The van der Waals surface area contributed by atoms with Crippen molar-refractivity contribution >= 4 is 29.1 Å². The van der Waals surface area contributed by atoms with E-state index in [0.717, 1.165) is 59.8 Å². The molecule has 218 valence electrons. The number of thioether (sulfide) groups is 1. The first-order valence-electron chi connectivity index (χ1n) is 14.1. The molecule has 6 heterocycles. The summed E-state index contributed by atoms with van der Waals surface area (Å²) in [5.74, 6) is -0.112. The molecule has 7 rings (SSSR count). The molecule has 1 unspecified atom stereocenters. The molecule has 12 heteroatoms. The predicted octanol–water partition coefficient (Wildman–Crippen LogP) is 5.03. The highest BCUT2D eigenvalue weighted by atomic mass is 32.2. The maximum Gasteiger partial charge on any atom is 0.256 e. The first-order valence-corrected chi connectivity index (χ1v) is 15.0. The van der Waals surface area contributed by atoms with Gasteiger partial charge in [0.15, 0.2) is 11.5 Å². The number of aromatic nitrogens is 6. The molecule has 0 spiro atoms. The number of fused-ring (bicyclic) bond motifs is 1. The normalized spacial score (nSPS) is 18.2. The van der Waals surface area contributed by atoms with E-state index < -0.39 is 5.91 Å². The first kappa shape index (κ1) is 27.3. The van der Waals surface area contributed by atoms with E-state index in [1.54, 1.807) is 29.0 Å². The molecule has 4 aromatic heterocycles. The third-order valence-electron chi connectivity index (χ3n) is 8.16. The van der Waals surface area contributed by atoms with Gasteiger partial charge in [0.1, 0.15) is 16.9 Å². The van der Waals surface area contributed by atoms with Crippen molar-refractivity contribution in [1.29, 1.82) is 0 Å². The Hall–Kier alpha value is -4.55. The largest absolute Gasteiger partial charge is 0.365 e. The Bertz CT molecular complexity index is 1840. The third kappa shape index (κ3) is 4.96. The monoisotopic (exact) mass is 595 g/mol. The Morgan fingerprint density at radius 3 is 2.51 bits per heavy atom. The zero-order valence-electron chi connectivity index (χ0n) is 23.8. The molecule has 1 amide bonds. The lowest BCUT2D eigenvalue weighted by Gasteiger charge is -2.30. The van der Waals surface area contributed by atoms with Crippen molar-refractivity contribution in [3.05, 3.63) is 95.4 Å². The Labute approximate surface area is 252 Å². The minimum Gasteiger partial charge on any atom is -0.365 e. The minimum absolute atomic E-state index is 0.231. The number of nitrogens with zero attached hydrogens (tertiary/aromatic N) is 8. The Kier molecular flexibility index (Phi) is 6.94. The summed E-state index contributed by atoms with van der Waals surface area (Å²) in [4.78, 5) is 31.0. The van der Waals surface area contributed by atoms with Crippen LogP contribution < -0.4 is 10.6 Å². The van der Waals surface area contributed by atoms with Gasteiger partial charge in [0, 0.05) is 29.7 Å². The average molecular weight is 596 g/mol. The number of hydrogen-bond acceptors (Lipinski definition) is 8. The van der Waals surface area contributed by atoms with Crippen LogP contribution in [-0.2, 0) is 4.79 Å². The topological polar surface area (TPSA) is 110 Å². The van der Waals surface area contributed by atoms with Crippen molar-refractivity contribution in [2.24, 2.45) is 5.73 Å². The van der Waals surface area contributed by atoms with Crippen LogP contribution in [-0.4, -0.2) is 60.1 Å². The summed E-state index contributed by atoms with van der Waals surface area (Å²) >= 11 is 1.40. The molecular formula is C31H30FN9OS. The fourth-order valence-corrected chi connectivity index (χ4v) is 7.18. The second-order valence-corrected chi connectivity index (χ2v) is 12.0. The molecular weight excluding hydrogens is 565 g/mol. The van der Waals surface area contributed by atoms with Crippen molar-refractivity contribution in [1.82, 2.24) is 34.0 Å². The van der Waals surface area contributed by atoms with Crippen molar-refractivity contribution in [3.8, 4) is 22.6 Å². The number of benzene rings is 1. The van der Waals surface area contributed by atoms with E-state index >= 15 is 0 Å². The van der Waals surface area contributed by atoms with Gasteiger partial charge in [0.25, 0.3) is 5.91 Å². The number of rotatable bonds is 6. The van der Waals surface area contributed by atoms with E-state index in [1.165, 1.54) is 23.9 Å². The van der Waals surface area contributed by atoms with E-state index in [0.29, 0.717) is 16.4 Å². The molecule has 0 bridgehead atoms. The minimum atomic E-state index is -0.469. The summed E-state index contributed by atoms with van der Waals surface area (Å²) in [5, 5.41) is 4.79. The Morgan fingerprint density at radius 1 is 1.05 bits per heavy atom. The predicted molar refractivity (Wildman–Crippen MR) is 164 cm³/mol. The smallest absolute Gasteiger partial charge is 0.256 e. The Balaban J connectivity index is 1.32. The van der Waals surface area contributed by atoms with Gasteiger partial charge in [-0.3, -0.25) is 9.78 Å². The van der Waals surface area contributed by atoms with Crippen molar-refractivity contribution < 1.29 is 9.18 Å². The summed E-state index contributed by atoms with van der Waals surface area (Å²) < 4.78 is 17.8. The number of imidazole rings is 2. The molecule has 0 saturated carbocycles. The standard InChI is InChI=1S/C31H30FN9OS/c1-19-29(30(33)42)43-31(21-9-13-34-14-10-21)41(19)26-17-40-25(36-26)8-7-24(37-40)28-27(20-3-5-22(32)6-4-20)35-18-39(28)23-11-15-38(2)16-12-23/h3-10,13-14,17-18,23,31H,11-12,15-16H2,1-2H3,(H2,33,42). The maximum atomic E-state index is 13.8. The molecule has 10 nitrogen and oxygen atoms in total. The van der Waals surface area contributed by atoms with Gasteiger partial charge in [0.05, 0.1) is 28.8 Å². The van der Waals surface area contributed by atoms with E-state index in [1.807, 2.05) is 48.6 Å². The number of amides is 1. The van der Waals surface area contributed by atoms with Crippen molar-refractivity contribution in [3.63, 3.8) is 0 Å². The van der Waals surface area contributed by atoms with Crippen LogP contribution in [0.4, 0.5) is 10.2 Å². The number of likely N-dealkylation sites (tertiary alicyclic amines) is 1. The van der Waals surface area contributed by atoms with Crippen molar-refractivity contribution in [2.75, 3.05) is 25.0 Å².